The number of aryl methyl sites for hydroxylation is 1. The minimum Gasteiger partial charge on any atom is -0.493 e. The van der Waals surface area contributed by atoms with Crippen molar-refractivity contribution in [1.29, 1.82) is 0 Å². The first kappa shape index (κ1) is 14.9. The molecule has 0 saturated carbocycles. The van der Waals surface area contributed by atoms with Crippen molar-refractivity contribution in [2.45, 2.75) is 11.8 Å². The summed E-state index contributed by atoms with van der Waals surface area (Å²) in [5, 5.41) is 0. The molecule has 0 radical (unpaired) electrons. The van der Waals surface area contributed by atoms with E-state index in [1.54, 1.807) is 26.4 Å². The first-order chi connectivity index (χ1) is 9.56. The fraction of sp³-hybridized carbons (Fsp3) is 0.250. The molecule has 0 aliphatic rings. The molecule has 20 heavy (non-hydrogen) atoms. The number of halogens is 2. The van der Waals surface area contributed by atoms with Crippen molar-refractivity contribution >= 4 is 15.9 Å². The average molecular weight is 339 g/mol. The first-order valence-corrected chi connectivity index (χ1v) is 7.10. The summed E-state index contributed by atoms with van der Waals surface area (Å²) in [6.45, 7) is 1.96. The number of methoxy groups -OCH3 is 2. The number of hydrogen-bond acceptors (Lipinski definition) is 2. The van der Waals surface area contributed by atoms with Gasteiger partial charge in [-0.25, -0.2) is 4.39 Å². The van der Waals surface area contributed by atoms with Crippen LogP contribution >= 0.6 is 15.9 Å². The maximum absolute atomic E-state index is 13.4. The lowest BCUT2D eigenvalue weighted by atomic mass is 10.00. The second-order valence-electron chi connectivity index (χ2n) is 4.48. The average Bonchev–Trinajstić information content (AvgIpc) is 2.48. The van der Waals surface area contributed by atoms with Gasteiger partial charge in [-0.05, 0) is 47.9 Å². The highest BCUT2D eigenvalue weighted by molar-refractivity contribution is 9.09. The van der Waals surface area contributed by atoms with Crippen LogP contribution in [0.1, 0.15) is 21.5 Å². The van der Waals surface area contributed by atoms with Crippen LogP contribution in [-0.4, -0.2) is 14.2 Å². The summed E-state index contributed by atoms with van der Waals surface area (Å²) in [4.78, 5) is -0.0991. The van der Waals surface area contributed by atoms with Gasteiger partial charge in [0.1, 0.15) is 5.82 Å². The number of ether oxygens (including phenoxy) is 2. The van der Waals surface area contributed by atoms with E-state index in [9.17, 15) is 4.39 Å². The summed E-state index contributed by atoms with van der Waals surface area (Å²) < 4.78 is 23.9. The van der Waals surface area contributed by atoms with E-state index in [4.69, 9.17) is 9.47 Å². The van der Waals surface area contributed by atoms with E-state index in [0.29, 0.717) is 11.5 Å². The molecule has 0 spiro atoms. The maximum atomic E-state index is 13.4. The smallest absolute Gasteiger partial charge is 0.161 e. The van der Waals surface area contributed by atoms with Crippen LogP contribution in [0.2, 0.25) is 0 Å². The zero-order valence-corrected chi connectivity index (χ0v) is 13.2. The quantitative estimate of drug-likeness (QED) is 0.756. The predicted molar refractivity (Wildman–Crippen MR) is 81.5 cm³/mol. The van der Waals surface area contributed by atoms with E-state index in [2.05, 4.69) is 15.9 Å². The lowest BCUT2D eigenvalue weighted by Crippen LogP contribution is -1.98. The summed E-state index contributed by atoms with van der Waals surface area (Å²) in [5.41, 5.74) is 2.91. The Morgan fingerprint density at radius 1 is 1.00 bits per heavy atom. The van der Waals surface area contributed by atoms with Crippen molar-refractivity contribution in [1.82, 2.24) is 0 Å². The van der Waals surface area contributed by atoms with Crippen LogP contribution < -0.4 is 9.47 Å². The molecule has 0 N–H and O–H groups in total. The summed E-state index contributed by atoms with van der Waals surface area (Å²) in [5.74, 6) is 1.09. The van der Waals surface area contributed by atoms with Gasteiger partial charge in [0.25, 0.3) is 0 Å². The molecular weight excluding hydrogens is 323 g/mol. The largest absolute Gasteiger partial charge is 0.493 e. The molecule has 0 aliphatic carbocycles. The molecular formula is C16H16BrFO2. The van der Waals surface area contributed by atoms with Crippen LogP contribution in [-0.2, 0) is 0 Å². The lowest BCUT2D eigenvalue weighted by molar-refractivity contribution is 0.354. The third kappa shape index (κ3) is 2.96. The van der Waals surface area contributed by atoms with Gasteiger partial charge in [-0.15, -0.1) is 0 Å². The fourth-order valence-electron chi connectivity index (χ4n) is 2.07. The van der Waals surface area contributed by atoms with Crippen molar-refractivity contribution < 1.29 is 13.9 Å². The molecule has 0 amide bonds. The molecule has 2 aromatic rings. The Balaban J connectivity index is 2.42. The number of alkyl halides is 1. The standard InChI is InChI=1S/C16H16BrFO2/c1-10-4-6-12(18)9-13(10)16(17)11-5-7-14(19-2)15(8-11)20-3/h4-9,16H,1-3H3. The summed E-state index contributed by atoms with van der Waals surface area (Å²) in [6, 6.07) is 10.5. The van der Waals surface area contributed by atoms with Gasteiger partial charge in [0.2, 0.25) is 0 Å². The third-order valence-electron chi connectivity index (χ3n) is 3.21. The highest BCUT2D eigenvalue weighted by atomic mass is 79.9. The molecule has 0 aliphatic heterocycles. The Morgan fingerprint density at radius 3 is 2.35 bits per heavy atom. The van der Waals surface area contributed by atoms with E-state index in [0.717, 1.165) is 16.7 Å². The van der Waals surface area contributed by atoms with Crippen molar-refractivity contribution in [2.75, 3.05) is 14.2 Å². The molecule has 1 atom stereocenters. The first-order valence-electron chi connectivity index (χ1n) is 6.19. The Morgan fingerprint density at radius 2 is 1.70 bits per heavy atom. The van der Waals surface area contributed by atoms with Gasteiger partial charge in [0.05, 0.1) is 19.0 Å². The Kier molecular flexibility index (Phi) is 4.65. The highest BCUT2D eigenvalue weighted by Gasteiger charge is 2.16. The van der Waals surface area contributed by atoms with Gasteiger partial charge in [0, 0.05) is 0 Å². The molecule has 2 nitrogen and oxygen atoms in total. The molecule has 4 heteroatoms. The summed E-state index contributed by atoms with van der Waals surface area (Å²) in [6.07, 6.45) is 0. The van der Waals surface area contributed by atoms with Gasteiger partial charge < -0.3 is 9.47 Å². The zero-order valence-electron chi connectivity index (χ0n) is 11.6. The second-order valence-corrected chi connectivity index (χ2v) is 5.39. The highest BCUT2D eigenvalue weighted by Crippen LogP contribution is 2.37. The minimum absolute atomic E-state index is 0.0991. The zero-order chi connectivity index (χ0) is 14.7. The SMILES string of the molecule is COc1ccc(C(Br)c2cc(F)ccc2C)cc1OC. The third-order valence-corrected chi connectivity index (χ3v) is 4.24. The van der Waals surface area contributed by atoms with Crippen LogP contribution in [0.25, 0.3) is 0 Å². The monoisotopic (exact) mass is 338 g/mol. The van der Waals surface area contributed by atoms with Crippen molar-refractivity contribution in [3.8, 4) is 11.5 Å². The van der Waals surface area contributed by atoms with Crippen LogP contribution in [0.4, 0.5) is 4.39 Å². The van der Waals surface area contributed by atoms with Gasteiger partial charge in [0.15, 0.2) is 11.5 Å². The molecule has 0 aromatic heterocycles. The minimum atomic E-state index is -0.240. The number of hydrogen-bond donors (Lipinski definition) is 0. The van der Waals surface area contributed by atoms with E-state index in [1.165, 1.54) is 6.07 Å². The van der Waals surface area contributed by atoms with E-state index < -0.39 is 0 Å². The molecule has 0 heterocycles. The maximum Gasteiger partial charge on any atom is 0.161 e. The summed E-state index contributed by atoms with van der Waals surface area (Å²) in [7, 11) is 3.19. The molecule has 1 unspecified atom stereocenters. The second kappa shape index (κ2) is 6.27. The predicted octanol–water partition coefficient (Wildman–Crippen LogP) is 4.64. The van der Waals surface area contributed by atoms with Crippen molar-refractivity contribution in [2.24, 2.45) is 0 Å². The molecule has 2 rings (SSSR count). The lowest BCUT2D eigenvalue weighted by Gasteiger charge is -2.16. The molecule has 106 valence electrons. The van der Waals surface area contributed by atoms with Crippen molar-refractivity contribution in [3.05, 3.63) is 58.9 Å². The van der Waals surface area contributed by atoms with E-state index in [-0.39, 0.29) is 10.6 Å². The topological polar surface area (TPSA) is 18.5 Å². The van der Waals surface area contributed by atoms with Gasteiger partial charge in [-0.1, -0.05) is 28.1 Å². The number of benzene rings is 2. The van der Waals surface area contributed by atoms with Crippen LogP contribution in [0.5, 0.6) is 11.5 Å². The van der Waals surface area contributed by atoms with Crippen molar-refractivity contribution in [3.63, 3.8) is 0 Å². The molecule has 2 aromatic carbocycles. The Bertz CT molecular complexity index is 613. The van der Waals surface area contributed by atoms with Crippen LogP contribution in [0.3, 0.4) is 0 Å². The molecule has 0 fully saturated rings. The Labute approximate surface area is 126 Å². The summed E-state index contributed by atoms with van der Waals surface area (Å²) >= 11 is 3.63. The Hall–Kier alpha value is -1.55. The van der Waals surface area contributed by atoms with E-state index >= 15 is 0 Å². The molecule has 0 bridgehead atoms. The van der Waals surface area contributed by atoms with Gasteiger partial charge in [-0.3, -0.25) is 0 Å². The molecule has 0 saturated heterocycles. The van der Waals surface area contributed by atoms with Crippen LogP contribution in [0, 0.1) is 12.7 Å². The van der Waals surface area contributed by atoms with Crippen LogP contribution in [0.15, 0.2) is 36.4 Å². The fourth-order valence-corrected chi connectivity index (χ4v) is 2.85. The van der Waals surface area contributed by atoms with Gasteiger partial charge in [-0.2, -0.15) is 0 Å². The van der Waals surface area contributed by atoms with Gasteiger partial charge >= 0.3 is 0 Å². The normalized spacial score (nSPS) is 12.1. The van der Waals surface area contributed by atoms with E-state index in [1.807, 2.05) is 25.1 Å². The number of rotatable bonds is 4.